The van der Waals surface area contributed by atoms with E-state index in [1.807, 2.05) is 19.1 Å². The molecule has 11 heteroatoms. The number of carbonyl (C=O) groups excluding carboxylic acids is 2. The van der Waals surface area contributed by atoms with Gasteiger partial charge in [-0.15, -0.1) is 0 Å². The van der Waals surface area contributed by atoms with Crippen molar-refractivity contribution in [3.05, 3.63) is 93.1 Å². The Morgan fingerprint density at radius 1 is 0.833 bits per heavy atom. The molecule has 0 unspecified atom stereocenters. The van der Waals surface area contributed by atoms with Gasteiger partial charge in [-0.2, -0.15) is 0 Å². The van der Waals surface area contributed by atoms with Crippen molar-refractivity contribution in [2.75, 3.05) is 32.7 Å². The van der Waals surface area contributed by atoms with Crippen molar-refractivity contribution in [1.29, 1.82) is 0 Å². The zero-order chi connectivity index (χ0) is 30.1. The van der Waals surface area contributed by atoms with E-state index < -0.39 is 17.2 Å². The van der Waals surface area contributed by atoms with Gasteiger partial charge >= 0.3 is 5.69 Å². The smallest absolute Gasteiger partial charge is 0.331 e. The van der Waals surface area contributed by atoms with Crippen molar-refractivity contribution in [3.63, 3.8) is 0 Å². The number of methoxy groups -OCH3 is 2. The normalized spacial score (nSPS) is 10.7. The van der Waals surface area contributed by atoms with Gasteiger partial charge in [-0.1, -0.05) is 30.3 Å². The molecule has 0 saturated heterocycles. The fraction of sp³-hybridized carbons (Fsp3) is 0.290. The summed E-state index contributed by atoms with van der Waals surface area (Å²) in [5.74, 6) is 0.942. The first-order valence-electron chi connectivity index (χ1n) is 13.6. The van der Waals surface area contributed by atoms with Crippen molar-refractivity contribution < 1.29 is 23.8 Å². The molecule has 2 N–H and O–H groups in total. The zero-order valence-electron chi connectivity index (χ0n) is 23.8. The fourth-order valence-corrected chi connectivity index (χ4v) is 4.59. The second-order valence-electron chi connectivity index (χ2n) is 9.36. The maximum absolute atomic E-state index is 13.5. The van der Waals surface area contributed by atoms with Crippen molar-refractivity contribution in [3.8, 4) is 17.2 Å². The number of amides is 2. The Balaban J connectivity index is 1.46. The number of nitrogens with zero attached hydrogens (tertiary/aromatic N) is 2. The number of benzene rings is 3. The van der Waals surface area contributed by atoms with E-state index in [0.29, 0.717) is 48.0 Å². The Morgan fingerprint density at radius 2 is 1.57 bits per heavy atom. The van der Waals surface area contributed by atoms with Gasteiger partial charge in [0, 0.05) is 19.5 Å². The second-order valence-corrected chi connectivity index (χ2v) is 9.36. The molecule has 2 amide bonds. The second kappa shape index (κ2) is 14.0. The summed E-state index contributed by atoms with van der Waals surface area (Å²) in [5.41, 5.74) is 0.553. The van der Waals surface area contributed by atoms with E-state index in [1.165, 1.54) is 4.57 Å². The summed E-state index contributed by atoms with van der Waals surface area (Å²) in [6.07, 6.45) is 0.462. The van der Waals surface area contributed by atoms with Crippen LogP contribution in [0.4, 0.5) is 5.69 Å². The van der Waals surface area contributed by atoms with Gasteiger partial charge in [-0.25, -0.2) is 4.79 Å². The lowest BCUT2D eigenvalue weighted by atomic mass is 10.1. The van der Waals surface area contributed by atoms with E-state index >= 15 is 0 Å². The molecule has 0 aliphatic carbocycles. The quantitative estimate of drug-likeness (QED) is 0.251. The third-order valence-corrected chi connectivity index (χ3v) is 6.64. The first-order valence-corrected chi connectivity index (χ1v) is 13.6. The number of anilines is 1. The minimum Gasteiger partial charge on any atom is -0.493 e. The Kier molecular flexibility index (Phi) is 9.99. The lowest BCUT2D eigenvalue weighted by molar-refractivity contribution is -0.121. The van der Waals surface area contributed by atoms with Gasteiger partial charge in [0.15, 0.2) is 11.5 Å². The highest BCUT2D eigenvalue weighted by atomic mass is 16.5. The van der Waals surface area contributed by atoms with E-state index in [1.54, 1.807) is 68.8 Å². The molecule has 0 saturated carbocycles. The van der Waals surface area contributed by atoms with Gasteiger partial charge in [0.05, 0.1) is 37.4 Å². The van der Waals surface area contributed by atoms with Crippen LogP contribution in [-0.4, -0.2) is 48.3 Å². The number of hydrogen-bond donors (Lipinski definition) is 2. The first kappa shape index (κ1) is 29.9. The van der Waals surface area contributed by atoms with Gasteiger partial charge in [0.1, 0.15) is 12.3 Å². The molecule has 0 atom stereocenters. The summed E-state index contributed by atoms with van der Waals surface area (Å²) in [7, 11) is 3.12. The van der Waals surface area contributed by atoms with Crippen LogP contribution in [0.3, 0.4) is 0 Å². The molecule has 0 fully saturated rings. The average Bonchev–Trinajstić information content (AvgIpc) is 3.00. The highest BCUT2D eigenvalue weighted by Gasteiger charge is 2.17. The third kappa shape index (κ3) is 6.98. The van der Waals surface area contributed by atoms with Gasteiger partial charge in [0.2, 0.25) is 11.8 Å². The molecular formula is C31H34N4O7. The van der Waals surface area contributed by atoms with Crippen LogP contribution in [-0.2, 0) is 29.1 Å². The zero-order valence-corrected chi connectivity index (χ0v) is 23.8. The standard InChI is InChI=1S/C31H34N4O7/c1-4-42-25-12-8-6-10-23(25)33-29(37)20-35-24-11-7-5-9-22(24)30(38)34(31(35)39)18-16-28(36)32-17-15-21-13-14-26(40-2)27(19-21)41-3/h5-14,19H,4,15-18,20H2,1-3H3,(H,32,36)(H,33,37). The molecule has 0 radical (unpaired) electrons. The molecule has 4 aromatic rings. The van der Waals surface area contributed by atoms with E-state index in [9.17, 15) is 19.2 Å². The molecule has 11 nitrogen and oxygen atoms in total. The van der Waals surface area contributed by atoms with Crippen LogP contribution in [0.5, 0.6) is 17.2 Å². The number of rotatable bonds is 13. The van der Waals surface area contributed by atoms with E-state index in [2.05, 4.69) is 10.6 Å². The number of ether oxygens (including phenoxy) is 3. The van der Waals surface area contributed by atoms with Crippen LogP contribution in [0, 0.1) is 0 Å². The van der Waals surface area contributed by atoms with E-state index in [-0.39, 0.29) is 30.8 Å². The Hall–Kier alpha value is -5.06. The topological polar surface area (TPSA) is 130 Å². The maximum atomic E-state index is 13.5. The number of hydrogen-bond acceptors (Lipinski definition) is 7. The molecule has 1 aromatic heterocycles. The van der Waals surface area contributed by atoms with Gasteiger partial charge in [-0.3, -0.25) is 23.5 Å². The predicted molar refractivity (Wildman–Crippen MR) is 160 cm³/mol. The fourth-order valence-electron chi connectivity index (χ4n) is 4.59. The number of carbonyl (C=O) groups is 2. The van der Waals surface area contributed by atoms with Crippen molar-refractivity contribution in [1.82, 2.24) is 14.5 Å². The molecule has 3 aromatic carbocycles. The summed E-state index contributed by atoms with van der Waals surface area (Å²) < 4.78 is 18.4. The van der Waals surface area contributed by atoms with Crippen molar-refractivity contribution in [2.45, 2.75) is 32.9 Å². The van der Waals surface area contributed by atoms with Gasteiger partial charge in [0.25, 0.3) is 5.56 Å². The molecule has 4 rings (SSSR count). The highest BCUT2D eigenvalue weighted by molar-refractivity contribution is 5.93. The molecule has 0 bridgehead atoms. The van der Waals surface area contributed by atoms with Crippen LogP contribution in [0.2, 0.25) is 0 Å². The minimum atomic E-state index is -0.676. The summed E-state index contributed by atoms with van der Waals surface area (Å²) in [6.45, 7) is 2.14. The van der Waals surface area contributed by atoms with Crippen LogP contribution in [0.15, 0.2) is 76.3 Å². The van der Waals surface area contributed by atoms with Gasteiger partial charge < -0.3 is 24.8 Å². The molecular weight excluding hydrogens is 540 g/mol. The van der Waals surface area contributed by atoms with Crippen LogP contribution >= 0.6 is 0 Å². The molecule has 220 valence electrons. The predicted octanol–water partition coefficient (Wildman–Crippen LogP) is 2.97. The van der Waals surface area contributed by atoms with Crippen molar-refractivity contribution >= 4 is 28.4 Å². The first-order chi connectivity index (χ1) is 20.4. The molecule has 0 aliphatic rings. The summed E-state index contributed by atoms with van der Waals surface area (Å²) in [5, 5.41) is 5.87. The van der Waals surface area contributed by atoms with Gasteiger partial charge in [-0.05, 0) is 55.3 Å². The molecule has 1 heterocycles. The lowest BCUT2D eigenvalue weighted by Gasteiger charge is -2.15. The molecule has 42 heavy (non-hydrogen) atoms. The van der Waals surface area contributed by atoms with Crippen LogP contribution in [0.1, 0.15) is 18.9 Å². The van der Waals surface area contributed by atoms with E-state index in [0.717, 1.165) is 10.1 Å². The number of nitrogens with one attached hydrogen (secondary N) is 2. The lowest BCUT2D eigenvalue weighted by Crippen LogP contribution is -2.42. The highest BCUT2D eigenvalue weighted by Crippen LogP contribution is 2.27. The van der Waals surface area contributed by atoms with Crippen LogP contribution in [0.25, 0.3) is 10.9 Å². The number of fused-ring (bicyclic) bond motifs is 1. The summed E-state index contributed by atoms with van der Waals surface area (Å²) in [6, 6.07) is 19.1. The molecule has 0 aliphatic heterocycles. The minimum absolute atomic E-state index is 0.0899. The van der Waals surface area contributed by atoms with E-state index in [4.69, 9.17) is 14.2 Å². The molecule has 0 spiro atoms. The SMILES string of the molecule is CCOc1ccccc1NC(=O)Cn1c(=O)n(CCC(=O)NCCc2ccc(OC)c(OC)c2)c(=O)c2ccccc21. The third-order valence-electron chi connectivity index (χ3n) is 6.64. The van der Waals surface area contributed by atoms with Crippen molar-refractivity contribution in [2.24, 2.45) is 0 Å². The number of aromatic nitrogens is 2. The monoisotopic (exact) mass is 574 g/mol. The Labute approximate surface area is 242 Å². The summed E-state index contributed by atoms with van der Waals surface area (Å²) in [4.78, 5) is 52.3. The number of para-hydroxylation sites is 3. The largest absolute Gasteiger partial charge is 0.493 e. The Morgan fingerprint density at radius 3 is 2.33 bits per heavy atom. The maximum Gasteiger partial charge on any atom is 0.331 e. The summed E-state index contributed by atoms with van der Waals surface area (Å²) >= 11 is 0. The van der Waals surface area contributed by atoms with Crippen LogP contribution < -0.4 is 36.1 Å². The Bertz CT molecular complexity index is 1690. The average molecular weight is 575 g/mol.